The molecule has 3 rings (SSSR count). The molecule has 0 aliphatic carbocycles. The van der Waals surface area contributed by atoms with Crippen molar-refractivity contribution in [2.75, 3.05) is 0 Å². The van der Waals surface area contributed by atoms with Crippen LogP contribution < -0.4 is 13.8 Å². The molecule has 0 atom stereocenters. The minimum absolute atomic E-state index is 0.104. The molecule has 0 N–H and O–H groups in total. The number of para-hydroxylation sites is 1. The Morgan fingerprint density at radius 3 is 2.09 bits per heavy atom. The van der Waals surface area contributed by atoms with E-state index in [0.717, 1.165) is 9.69 Å². The van der Waals surface area contributed by atoms with Gasteiger partial charge in [-0.2, -0.15) is 4.57 Å². The Labute approximate surface area is 128 Å². The predicted octanol–water partition coefficient (Wildman–Crippen LogP) is 1.27. The van der Waals surface area contributed by atoms with Gasteiger partial charge in [-0.3, -0.25) is 9.25 Å². The Bertz CT molecular complexity index is 740. The number of nitrogens with zero attached hydrogens (tertiary/aromatic N) is 6. The van der Waals surface area contributed by atoms with Crippen LogP contribution in [-0.2, 0) is 4.57 Å². The first kappa shape index (κ1) is 14.4. The first-order valence-corrected chi connectivity index (χ1v) is 7.62. The quantitative estimate of drug-likeness (QED) is 0.616. The van der Waals surface area contributed by atoms with Gasteiger partial charge in [0.25, 0.3) is 0 Å². The van der Waals surface area contributed by atoms with Crippen molar-refractivity contribution in [1.29, 1.82) is 0 Å². The normalized spacial score (nSPS) is 11.1. The summed E-state index contributed by atoms with van der Waals surface area (Å²) in [6.07, 6.45) is 4.73. The van der Waals surface area contributed by atoms with E-state index in [1.807, 2.05) is 0 Å². The van der Waals surface area contributed by atoms with Crippen molar-refractivity contribution in [3.05, 3.63) is 54.6 Å². The van der Waals surface area contributed by atoms with Crippen LogP contribution in [0, 0.1) is 0 Å². The van der Waals surface area contributed by atoms with Gasteiger partial charge in [-0.15, -0.1) is 10.2 Å². The highest BCUT2D eigenvalue weighted by Gasteiger charge is 2.36. The van der Waals surface area contributed by atoms with Crippen LogP contribution >= 0.6 is 19.4 Å². The zero-order chi connectivity index (χ0) is 15.4. The number of halogens is 1. The fourth-order valence-electron chi connectivity index (χ4n) is 1.37. The monoisotopic (exact) mass is 342 g/mol. The van der Waals surface area contributed by atoms with Crippen LogP contribution in [0.15, 0.2) is 49.6 Å². The van der Waals surface area contributed by atoms with Gasteiger partial charge in [0.2, 0.25) is 0 Å². The molecular weight excluding hydrogens is 335 g/mol. The van der Waals surface area contributed by atoms with E-state index in [0.29, 0.717) is 0 Å². The molecule has 0 saturated heterocycles. The molecule has 1 aromatic carbocycles. The van der Waals surface area contributed by atoms with Gasteiger partial charge in [-0.25, -0.2) is 9.97 Å². The summed E-state index contributed by atoms with van der Waals surface area (Å²) in [6, 6.07) is 6.41. The van der Waals surface area contributed by atoms with Gasteiger partial charge in [0.1, 0.15) is 12.7 Å². The number of benzene rings is 1. The molecule has 0 aliphatic heterocycles. The van der Waals surface area contributed by atoms with Gasteiger partial charge in [-0.1, -0.05) is 33.4 Å². The molecule has 3 aromatic rings. The third-order valence-electron chi connectivity index (χ3n) is 2.21. The Morgan fingerprint density at radius 1 is 1.00 bits per heavy atom. The van der Waals surface area contributed by atoms with Crippen molar-refractivity contribution in [2.45, 2.75) is 0 Å². The van der Waals surface area contributed by atoms with E-state index in [1.165, 1.54) is 31.4 Å². The molecule has 0 radical (unpaired) electrons. The molecule has 0 unspecified atom stereocenters. The second-order valence-corrected chi connectivity index (χ2v) is 5.54. The third kappa shape index (κ3) is 3.35. The van der Waals surface area contributed by atoms with Crippen LogP contribution in [0.5, 0.6) is 5.75 Å². The van der Waals surface area contributed by atoms with Crippen LogP contribution in [0.3, 0.4) is 0 Å². The van der Waals surface area contributed by atoms with Crippen molar-refractivity contribution in [2.24, 2.45) is 0 Å². The number of hydrogen-bond acceptors (Lipinski definition) is 8. The molecule has 22 heavy (non-hydrogen) atoms. The topological polar surface area (TPSA) is 106 Å². The average molecular weight is 343 g/mol. The van der Waals surface area contributed by atoms with Crippen LogP contribution in [0.1, 0.15) is 0 Å². The van der Waals surface area contributed by atoms with Crippen molar-refractivity contribution in [3.8, 4) is 5.75 Å². The molecule has 0 spiro atoms. The smallest absolute Gasteiger partial charge is 0.382 e. The van der Waals surface area contributed by atoms with Crippen LogP contribution in [0.2, 0.25) is 5.02 Å². The minimum Gasteiger partial charge on any atom is -0.382 e. The lowest BCUT2D eigenvalue weighted by Crippen LogP contribution is -2.22. The van der Waals surface area contributed by atoms with Crippen molar-refractivity contribution in [3.63, 3.8) is 0 Å². The van der Waals surface area contributed by atoms with Gasteiger partial charge in [0.15, 0.2) is 18.4 Å². The molecule has 0 bridgehead atoms. The summed E-state index contributed by atoms with van der Waals surface area (Å²) in [6.45, 7) is 0. The zero-order valence-corrected chi connectivity index (χ0v) is 12.4. The lowest BCUT2D eigenvalue weighted by atomic mass is 10.3. The number of rotatable bonds is 6. The molecule has 0 amide bonds. The van der Waals surface area contributed by atoms with Gasteiger partial charge < -0.3 is 4.52 Å². The number of hydrogen-bond donors (Lipinski definition) is 0. The van der Waals surface area contributed by atoms with E-state index in [1.54, 1.807) is 18.2 Å². The first-order valence-electron chi connectivity index (χ1n) is 5.78. The maximum absolute atomic E-state index is 12.8. The molecule has 114 valence electrons. The fraction of sp³-hybridized carbons (Fsp3) is 0. The van der Waals surface area contributed by atoms with Crippen molar-refractivity contribution >= 4 is 19.4 Å². The minimum atomic E-state index is -4.21. The van der Waals surface area contributed by atoms with Crippen molar-refractivity contribution in [1.82, 2.24) is 29.9 Å². The van der Waals surface area contributed by atoms with E-state index in [4.69, 9.17) is 25.4 Å². The Balaban J connectivity index is 1.88. The summed E-state index contributed by atoms with van der Waals surface area (Å²) in [5.74, 6) is 0.104. The number of aromatic nitrogens is 6. The molecule has 0 saturated carbocycles. The molecule has 0 aliphatic rings. The van der Waals surface area contributed by atoms with E-state index in [2.05, 4.69) is 20.2 Å². The number of phosphoric acid groups is 1. The molecule has 2 heterocycles. The lowest BCUT2D eigenvalue weighted by molar-refractivity contribution is 0.104. The van der Waals surface area contributed by atoms with Gasteiger partial charge in [0.05, 0.1) is 5.02 Å². The maximum Gasteiger partial charge on any atom is 0.689 e. The second kappa shape index (κ2) is 6.04. The summed E-state index contributed by atoms with van der Waals surface area (Å²) in [4.78, 5) is 8.98. The molecule has 0 fully saturated rings. The third-order valence-corrected chi connectivity index (χ3v) is 3.68. The van der Waals surface area contributed by atoms with E-state index in [9.17, 15) is 4.57 Å². The van der Waals surface area contributed by atoms with Gasteiger partial charge in [-0.05, 0) is 12.1 Å². The van der Waals surface area contributed by atoms with Gasteiger partial charge >= 0.3 is 7.82 Å². The Morgan fingerprint density at radius 2 is 1.59 bits per heavy atom. The van der Waals surface area contributed by atoms with E-state index < -0.39 is 7.82 Å². The summed E-state index contributed by atoms with van der Waals surface area (Å²) < 4.78 is 28.2. The van der Waals surface area contributed by atoms with Crippen molar-refractivity contribution < 1.29 is 18.3 Å². The molecule has 12 heteroatoms. The highest BCUT2D eigenvalue weighted by atomic mass is 35.5. The summed E-state index contributed by atoms with van der Waals surface area (Å²) in [5.41, 5.74) is 0. The van der Waals surface area contributed by atoms with Crippen LogP contribution in [0.4, 0.5) is 0 Å². The molecular formula is C10H8ClN6O4P. The highest BCUT2D eigenvalue weighted by Crippen LogP contribution is 2.44. The molecule has 10 nitrogen and oxygen atoms in total. The first-order chi connectivity index (χ1) is 10.6. The summed E-state index contributed by atoms with van der Waals surface area (Å²) in [7, 11) is -4.21. The van der Waals surface area contributed by atoms with E-state index in [-0.39, 0.29) is 10.8 Å². The standard InChI is InChI=1S/C10H8ClN6O4P/c11-9-3-1-2-4-10(9)19-22(18,20-16-7-12-5-14-16)21-17-8-13-6-15-17/h1-8H. The Hall–Kier alpha value is -2.58. The van der Waals surface area contributed by atoms with Gasteiger partial charge in [0, 0.05) is 0 Å². The highest BCUT2D eigenvalue weighted by molar-refractivity contribution is 7.49. The van der Waals surface area contributed by atoms with Crippen LogP contribution in [0.25, 0.3) is 0 Å². The van der Waals surface area contributed by atoms with Crippen LogP contribution in [-0.4, -0.2) is 29.9 Å². The largest absolute Gasteiger partial charge is 0.689 e. The Kier molecular flexibility index (Phi) is 3.94. The SMILES string of the molecule is O=P(Oc1ccccc1Cl)(On1cncn1)On1cncn1. The van der Waals surface area contributed by atoms with E-state index >= 15 is 0 Å². The average Bonchev–Trinajstić information content (AvgIpc) is 3.15. The predicted molar refractivity (Wildman–Crippen MR) is 72.9 cm³/mol. The summed E-state index contributed by atoms with van der Waals surface area (Å²) >= 11 is 5.97. The maximum atomic E-state index is 12.8. The molecule has 2 aromatic heterocycles. The fourth-order valence-corrected chi connectivity index (χ4v) is 2.67. The zero-order valence-electron chi connectivity index (χ0n) is 10.8. The lowest BCUT2D eigenvalue weighted by Gasteiger charge is -2.17. The summed E-state index contributed by atoms with van der Waals surface area (Å²) in [5, 5.41) is 7.56. The second-order valence-electron chi connectivity index (χ2n) is 3.73.